The Kier molecular flexibility index (Phi) is 5.22. The van der Waals surface area contributed by atoms with E-state index in [1.165, 1.54) is 12.3 Å². The van der Waals surface area contributed by atoms with E-state index in [-0.39, 0.29) is 22.5 Å². The number of hydrogen-bond donors (Lipinski definition) is 0. The summed E-state index contributed by atoms with van der Waals surface area (Å²) in [6, 6.07) is 6.64. The van der Waals surface area contributed by atoms with Crippen LogP contribution < -0.4 is 0 Å². The second-order valence-electron chi connectivity index (χ2n) is 7.16. The lowest BCUT2D eigenvalue weighted by Crippen LogP contribution is -2.38. The molecular weight excluding hydrogens is 382 g/mol. The fourth-order valence-electron chi connectivity index (χ4n) is 3.97. The van der Waals surface area contributed by atoms with Gasteiger partial charge >= 0.3 is 0 Å². The Hall–Kier alpha value is -2.23. The maximum absolute atomic E-state index is 13.2. The number of fused-ring (bicyclic) bond motifs is 1. The highest BCUT2D eigenvalue weighted by Gasteiger charge is 2.36. The standard InChI is InChI=1S/C19H23N3O5S/c1-26-13-16-3-2-8-22(16)28(24,25)17-5-4-14-6-9-21(12-15(14)11-17)19(23)18-7-10-27-20-18/h4-5,7,10-11,16H,2-3,6,8-9,12-13H2,1H3/t16-/m1/s1. The number of rotatable bonds is 5. The van der Waals surface area contributed by atoms with Gasteiger partial charge in [-0.3, -0.25) is 4.79 Å². The van der Waals surface area contributed by atoms with Gasteiger partial charge in [0.15, 0.2) is 5.69 Å². The minimum absolute atomic E-state index is 0.128. The van der Waals surface area contributed by atoms with Crippen LogP contribution in [0, 0.1) is 0 Å². The Balaban J connectivity index is 1.59. The molecule has 0 aliphatic carbocycles. The predicted octanol–water partition coefficient (Wildman–Crippen LogP) is 1.67. The first-order valence-electron chi connectivity index (χ1n) is 9.33. The van der Waals surface area contributed by atoms with Crippen molar-refractivity contribution >= 4 is 15.9 Å². The van der Waals surface area contributed by atoms with E-state index >= 15 is 0 Å². The topological polar surface area (TPSA) is 93.0 Å². The Labute approximate surface area is 164 Å². The van der Waals surface area contributed by atoms with E-state index in [9.17, 15) is 13.2 Å². The maximum Gasteiger partial charge on any atom is 0.276 e. The molecule has 8 nitrogen and oxygen atoms in total. The van der Waals surface area contributed by atoms with Gasteiger partial charge in [0.2, 0.25) is 10.0 Å². The number of methoxy groups -OCH3 is 1. The largest absolute Gasteiger partial charge is 0.383 e. The fraction of sp³-hybridized carbons (Fsp3) is 0.474. The molecule has 3 heterocycles. The molecule has 4 rings (SSSR count). The van der Waals surface area contributed by atoms with E-state index in [0.29, 0.717) is 32.7 Å². The van der Waals surface area contributed by atoms with Crippen LogP contribution in [0.15, 0.2) is 39.9 Å². The van der Waals surface area contributed by atoms with Crippen LogP contribution in [0.25, 0.3) is 0 Å². The molecule has 0 N–H and O–H groups in total. The van der Waals surface area contributed by atoms with Crippen LogP contribution in [-0.4, -0.2) is 61.5 Å². The number of aromatic nitrogens is 1. The first-order valence-corrected chi connectivity index (χ1v) is 10.8. The molecule has 1 aromatic heterocycles. The highest BCUT2D eigenvalue weighted by Crippen LogP contribution is 2.29. The molecule has 1 saturated heterocycles. The lowest BCUT2D eigenvalue weighted by molar-refractivity contribution is 0.0724. The van der Waals surface area contributed by atoms with Crippen molar-refractivity contribution in [3.63, 3.8) is 0 Å². The zero-order chi connectivity index (χ0) is 19.7. The van der Waals surface area contributed by atoms with Crippen molar-refractivity contribution in [2.45, 2.75) is 36.7 Å². The van der Waals surface area contributed by atoms with Crippen LogP contribution in [0.1, 0.15) is 34.5 Å². The number of hydrogen-bond acceptors (Lipinski definition) is 6. The van der Waals surface area contributed by atoms with E-state index in [2.05, 4.69) is 5.16 Å². The third-order valence-electron chi connectivity index (χ3n) is 5.42. The van der Waals surface area contributed by atoms with E-state index in [1.807, 2.05) is 6.07 Å². The van der Waals surface area contributed by atoms with Crippen molar-refractivity contribution in [3.05, 3.63) is 47.3 Å². The molecule has 0 spiro atoms. The van der Waals surface area contributed by atoms with Crippen molar-refractivity contribution in [1.29, 1.82) is 0 Å². The number of carbonyl (C=O) groups excluding carboxylic acids is 1. The summed E-state index contributed by atoms with van der Waals surface area (Å²) < 4.78 is 37.8. The summed E-state index contributed by atoms with van der Waals surface area (Å²) in [4.78, 5) is 14.5. The van der Waals surface area contributed by atoms with Crippen molar-refractivity contribution in [1.82, 2.24) is 14.4 Å². The summed E-state index contributed by atoms with van der Waals surface area (Å²) in [5, 5.41) is 3.70. The lowest BCUT2D eigenvalue weighted by atomic mass is 9.99. The van der Waals surface area contributed by atoms with Crippen molar-refractivity contribution < 1.29 is 22.5 Å². The Morgan fingerprint density at radius 3 is 2.89 bits per heavy atom. The second-order valence-corrected chi connectivity index (χ2v) is 9.05. The number of nitrogens with zero attached hydrogens (tertiary/aromatic N) is 3. The van der Waals surface area contributed by atoms with Gasteiger partial charge in [0.05, 0.1) is 11.5 Å². The number of carbonyl (C=O) groups is 1. The van der Waals surface area contributed by atoms with Gasteiger partial charge in [0.1, 0.15) is 6.26 Å². The van der Waals surface area contributed by atoms with Gasteiger partial charge in [-0.25, -0.2) is 8.42 Å². The minimum Gasteiger partial charge on any atom is -0.383 e. The molecular formula is C19H23N3O5S. The molecule has 0 unspecified atom stereocenters. The Morgan fingerprint density at radius 1 is 1.29 bits per heavy atom. The zero-order valence-electron chi connectivity index (χ0n) is 15.7. The van der Waals surface area contributed by atoms with E-state index in [4.69, 9.17) is 9.26 Å². The first-order chi connectivity index (χ1) is 13.5. The van der Waals surface area contributed by atoms with Gasteiger partial charge in [-0.1, -0.05) is 11.2 Å². The average molecular weight is 405 g/mol. The van der Waals surface area contributed by atoms with Crippen molar-refractivity contribution in [2.75, 3.05) is 26.8 Å². The quantitative estimate of drug-likeness (QED) is 0.751. The molecule has 1 atom stereocenters. The van der Waals surface area contributed by atoms with Gasteiger partial charge < -0.3 is 14.2 Å². The lowest BCUT2D eigenvalue weighted by Gasteiger charge is -2.29. The Morgan fingerprint density at radius 2 is 2.14 bits per heavy atom. The van der Waals surface area contributed by atoms with Gasteiger partial charge in [-0.2, -0.15) is 4.31 Å². The SMILES string of the molecule is COC[C@H]1CCCN1S(=O)(=O)c1ccc2c(c1)CN(C(=O)c1ccon1)CC2. The van der Waals surface area contributed by atoms with Gasteiger partial charge in [-0.05, 0) is 42.5 Å². The predicted molar refractivity (Wildman–Crippen MR) is 100 cm³/mol. The van der Waals surface area contributed by atoms with Gasteiger partial charge in [0.25, 0.3) is 5.91 Å². The van der Waals surface area contributed by atoms with Crippen LogP contribution in [-0.2, 0) is 27.7 Å². The molecule has 9 heteroatoms. The third-order valence-corrected chi connectivity index (χ3v) is 7.37. The summed E-state index contributed by atoms with van der Waals surface area (Å²) in [6.45, 7) is 1.81. The highest BCUT2D eigenvalue weighted by atomic mass is 32.2. The molecule has 1 aromatic carbocycles. The average Bonchev–Trinajstić information content (AvgIpc) is 3.39. The van der Waals surface area contributed by atoms with Crippen molar-refractivity contribution in [3.8, 4) is 0 Å². The van der Waals surface area contributed by atoms with Crippen LogP contribution in [0.3, 0.4) is 0 Å². The second kappa shape index (κ2) is 7.65. The Bertz CT molecular complexity index is 958. The summed E-state index contributed by atoms with van der Waals surface area (Å²) in [6.07, 6.45) is 3.67. The maximum atomic E-state index is 13.2. The number of ether oxygens (including phenoxy) is 1. The minimum atomic E-state index is -3.60. The monoisotopic (exact) mass is 405 g/mol. The van der Waals surface area contributed by atoms with E-state index < -0.39 is 10.0 Å². The van der Waals surface area contributed by atoms with Gasteiger partial charge in [-0.15, -0.1) is 0 Å². The molecule has 28 heavy (non-hydrogen) atoms. The molecule has 0 saturated carbocycles. The van der Waals surface area contributed by atoms with Crippen LogP contribution in [0.5, 0.6) is 0 Å². The molecule has 1 amide bonds. The third kappa shape index (κ3) is 3.45. The normalized spacial score (nSPS) is 20.3. The van der Waals surface area contributed by atoms with Crippen LogP contribution in [0.2, 0.25) is 0 Å². The molecule has 0 radical (unpaired) electrons. The molecule has 2 aliphatic rings. The smallest absolute Gasteiger partial charge is 0.276 e. The number of benzene rings is 1. The fourth-order valence-corrected chi connectivity index (χ4v) is 5.70. The zero-order valence-corrected chi connectivity index (χ0v) is 16.5. The highest BCUT2D eigenvalue weighted by molar-refractivity contribution is 7.89. The van der Waals surface area contributed by atoms with E-state index in [1.54, 1.807) is 28.4 Å². The molecule has 0 bridgehead atoms. The summed E-state index contributed by atoms with van der Waals surface area (Å²) in [5.41, 5.74) is 2.18. The van der Waals surface area contributed by atoms with Crippen LogP contribution >= 0.6 is 0 Å². The van der Waals surface area contributed by atoms with E-state index in [0.717, 1.165) is 24.0 Å². The first kappa shape index (κ1) is 19.1. The number of sulfonamides is 1. The van der Waals surface area contributed by atoms with Crippen LogP contribution in [0.4, 0.5) is 0 Å². The van der Waals surface area contributed by atoms with Crippen molar-refractivity contribution in [2.24, 2.45) is 0 Å². The molecule has 1 fully saturated rings. The molecule has 2 aliphatic heterocycles. The summed E-state index contributed by atoms with van der Waals surface area (Å²) >= 11 is 0. The molecule has 150 valence electrons. The molecule has 2 aromatic rings. The summed E-state index contributed by atoms with van der Waals surface area (Å²) in [7, 11) is -2.02. The van der Waals surface area contributed by atoms with Gasteiger partial charge in [0, 0.05) is 38.9 Å². The summed E-state index contributed by atoms with van der Waals surface area (Å²) in [5.74, 6) is -0.215. The number of amides is 1.